The van der Waals surface area contributed by atoms with Gasteiger partial charge in [0.1, 0.15) is 17.6 Å². The van der Waals surface area contributed by atoms with Gasteiger partial charge in [-0.15, -0.1) is 0 Å². The van der Waals surface area contributed by atoms with Gasteiger partial charge in [0.15, 0.2) is 0 Å². The number of carboxylic acid groups (broad SMARTS) is 1. The fourth-order valence-electron chi connectivity index (χ4n) is 12.2. The molecule has 1 aromatic rings. The number of nitrogens with one attached hydrogen (secondary N) is 1. The van der Waals surface area contributed by atoms with E-state index in [1.54, 1.807) is 27.0 Å². The minimum absolute atomic E-state index is 0.00699. The summed E-state index contributed by atoms with van der Waals surface area (Å²) in [6, 6.07) is 0. The number of carbonyl (C=O) groups excluding carboxylic acids is 3. The largest absolute Gasteiger partial charge is 0.481 e. The lowest BCUT2D eigenvalue weighted by Gasteiger charge is -2.70. The molecule has 4 saturated carbocycles. The quantitative estimate of drug-likeness (QED) is 0.220. The first-order valence-corrected chi connectivity index (χ1v) is 18.6. The summed E-state index contributed by atoms with van der Waals surface area (Å²) in [7, 11) is 0. The number of hydrogen-bond acceptors (Lipinski definition) is 7. The topological polar surface area (TPSA) is 136 Å². The van der Waals surface area contributed by atoms with Gasteiger partial charge in [-0.1, -0.05) is 54.0 Å². The van der Waals surface area contributed by atoms with Crippen molar-refractivity contribution in [3.8, 4) is 0 Å². The average molecular weight is 679 g/mol. The normalized spacial score (nSPS) is 38.3. The van der Waals surface area contributed by atoms with Gasteiger partial charge in [0.05, 0.1) is 23.6 Å². The summed E-state index contributed by atoms with van der Waals surface area (Å²) in [4.78, 5) is 56.4. The number of rotatable bonds is 7. The number of aliphatic carboxylic acids is 1. The van der Waals surface area contributed by atoms with Crippen LogP contribution in [0, 0.1) is 57.7 Å². The van der Waals surface area contributed by atoms with Crippen LogP contribution in [0.15, 0.2) is 21.8 Å². The molecular weight excluding hydrogens is 620 g/mol. The number of ether oxygens (including phenoxy) is 1. The number of nitrogens with zero attached hydrogens (tertiary/aromatic N) is 1. The molecule has 9 nitrogen and oxygen atoms in total. The van der Waals surface area contributed by atoms with Crippen molar-refractivity contribution in [2.75, 3.05) is 0 Å². The van der Waals surface area contributed by atoms with Crippen LogP contribution in [0.25, 0.3) is 0 Å². The van der Waals surface area contributed by atoms with Crippen molar-refractivity contribution in [2.24, 2.45) is 50.7 Å². The van der Waals surface area contributed by atoms with E-state index in [0.29, 0.717) is 30.4 Å². The van der Waals surface area contributed by atoms with Crippen LogP contribution in [0.5, 0.6) is 0 Å². The second kappa shape index (κ2) is 11.5. The summed E-state index contributed by atoms with van der Waals surface area (Å²) < 4.78 is 11.7. The fraction of sp³-hybridized carbons (Fsp3) is 0.775. The van der Waals surface area contributed by atoms with Gasteiger partial charge in [-0.25, -0.2) is 4.98 Å². The van der Waals surface area contributed by atoms with E-state index in [1.165, 1.54) is 11.1 Å². The summed E-state index contributed by atoms with van der Waals surface area (Å²) in [5.74, 6) is -0.255. The number of amides is 1. The lowest BCUT2D eigenvalue weighted by molar-refractivity contribution is -0.214. The highest BCUT2D eigenvalue weighted by atomic mass is 16.5. The van der Waals surface area contributed by atoms with Gasteiger partial charge < -0.3 is 19.6 Å². The lowest BCUT2D eigenvalue weighted by Crippen LogP contribution is -2.65. The van der Waals surface area contributed by atoms with E-state index in [0.717, 1.165) is 44.9 Å². The zero-order valence-corrected chi connectivity index (χ0v) is 31.4. The number of aryl methyl sites for hydroxylation is 1. The van der Waals surface area contributed by atoms with Gasteiger partial charge in [-0.05, 0) is 112 Å². The molecule has 4 fully saturated rings. The number of allylic oxidation sites excluding steroid dienone is 1. The molecule has 5 aliphatic carbocycles. The number of Topliss-reactive ketones (excluding diaryl/α,β-unsaturated/α-hetero) is 1. The van der Waals surface area contributed by atoms with Crippen LogP contribution < -0.4 is 5.32 Å². The summed E-state index contributed by atoms with van der Waals surface area (Å²) in [5.41, 5.74) is 0.321. The molecule has 0 saturated heterocycles. The third-order valence-corrected chi connectivity index (χ3v) is 14.9. The SMILES string of the molecule is Cc1cnc(C(=O)N[C@@]23CC[C@]4(C)C(=C2C(C(C)C)C(=O)C3)CCC2[C@@]3(C)CC[C@H](OC(=O)CC(C)(C)C(=O)O)C(C)(C)C3CC[C@]24C)o1. The maximum atomic E-state index is 13.9. The highest BCUT2D eigenvalue weighted by molar-refractivity contribution is 5.96. The minimum Gasteiger partial charge on any atom is -0.481 e. The number of ketones is 1. The Morgan fingerprint density at radius 2 is 1.73 bits per heavy atom. The zero-order valence-electron chi connectivity index (χ0n) is 31.4. The summed E-state index contributed by atoms with van der Waals surface area (Å²) in [6.07, 6.45) is 8.76. The summed E-state index contributed by atoms with van der Waals surface area (Å²) in [6.45, 7) is 21.1. The monoisotopic (exact) mass is 678 g/mol. The maximum absolute atomic E-state index is 13.9. The molecule has 0 bridgehead atoms. The van der Waals surface area contributed by atoms with Crippen molar-refractivity contribution in [1.29, 1.82) is 0 Å². The Kier molecular flexibility index (Phi) is 8.43. The highest BCUT2D eigenvalue weighted by Gasteiger charge is 2.69. The van der Waals surface area contributed by atoms with Crippen LogP contribution in [0.3, 0.4) is 0 Å². The third kappa shape index (κ3) is 5.25. The van der Waals surface area contributed by atoms with E-state index in [-0.39, 0.29) is 63.6 Å². The van der Waals surface area contributed by atoms with Crippen LogP contribution in [0.4, 0.5) is 0 Å². The van der Waals surface area contributed by atoms with Crippen molar-refractivity contribution >= 4 is 23.6 Å². The molecule has 270 valence electrons. The second-order valence-corrected chi connectivity index (χ2v) is 18.7. The molecule has 1 heterocycles. The average Bonchev–Trinajstić information content (AvgIpc) is 3.55. The first-order valence-electron chi connectivity index (χ1n) is 18.6. The number of oxazole rings is 1. The van der Waals surface area contributed by atoms with Crippen molar-refractivity contribution < 1.29 is 33.4 Å². The van der Waals surface area contributed by atoms with Crippen molar-refractivity contribution in [3.05, 3.63) is 29.0 Å². The molecule has 6 rings (SSSR count). The molecule has 0 radical (unpaired) electrons. The van der Waals surface area contributed by atoms with Crippen LogP contribution in [-0.2, 0) is 19.1 Å². The van der Waals surface area contributed by atoms with Crippen LogP contribution in [0.2, 0.25) is 0 Å². The molecule has 0 aliphatic heterocycles. The van der Waals surface area contributed by atoms with E-state index in [2.05, 4.69) is 58.8 Å². The number of carboxylic acids is 1. The summed E-state index contributed by atoms with van der Waals surface area (Å²) >= 11 is 0. The Morgan fingerprint density at radius 3 is 2.35 bits per heavy atom. The summed E-state index contributed by atoms with van der Waals surface area (Å²) in [5, 5.41) is 12.9. The fourth-order valence-corrected chi connectivity index (χ4v) is 12.2. The van der Waals surface area contributed by atoms with Crippen LogP contribution >= 0.6 is 0 Å². The molecule has 3 unspecified atom stereocenters. The Bertz CT molecular complexity index is 1600. The number of aromatic nitrogens is 1. The van der Waals surface area contributed by atoms with Crippen LogP contribution in [-0.4, -0.2) is 45.4 Å². The Hall–Kier alpha value is -2.97. The lowest BCUT2D eigenvalue weighted by atomic mass is 9.34. The second-order valence-electron chi connectivity index (χ2n) is 18.7. The molecule has 0 spiro atoms. The standard InChI is InChI=1S/C40H58N2O7/c1-22(2)30-25(43)19-40(42-32(45)33-41-21-23(3)48-33)18-17-38(9)24(31(30)40)11-12-27-37(8)15-14-28(49-29(44)20-35(4,5)34(46)47)36(6,7)26(37)13-16-39(27,38)10/h21-22,26-28,30H,11-20H2,1-10H3,(H,42,45)(H,46,47)/t26?,27?,28-,30?,37-,38+,39+,40+/m0/s1. The molecular formula is C40H58N2O7. The maximum Gasteiger partial charge on any atom is 0.309 e. The Labute approximate surface area is 291 Å². The molecule has 9 heteroatoms. The van der Waals surface area contributed by atoms with Gasteiger partial charge in [-0.3, -0.25) is 19.2 Å². The number of carbonyl (C=O) groups is 4. The predicted octanol–water partition coefficient (Wildman–Crippen LogP) is 7.86. The number of fused-ring (bicyclic) bond motifs is 6. The van der Waals surface area contributed by atoms with E-state index < -0.39 is 22.9 Å². The number of esters is 1. The van der Waals surface area contributed by atoms with E-state index in [4.69, 9.17) is 9.15 Å². The van der Waals surface area contributed by atoms with Gasteiger partial charge in [-0.2, -0.15) is 0 Å². The third-order valence-electron chi connectivity index (χ3n) is 14.9. The van der Waals surface area contributed by atoms with Crippen molar-refractivity contribution in [3.63, 3.8) is 0 Å². The van der Waals surface area contributed by atoms with Gasteiger partial charge in [0.25, 0.3) is 5.89 Å². The highest BCUT2D eigenvalue weighted by Crippen LogP contribution is 2.75. The molecule has 49 heavy (non-hydrogen) atoms. The Balaban J connectivity index is 1.33. The molecule has 0 aromatic carbocycles. The first-order chi connectivity index (χ1) is 22.6. The molecule has 1 aromatic heterocycles. The Morgan fingerprint density at radius 1 is 1.04 bits per heavy atom. The van der Waals surface area contributed by atoms with Gasteiger partial charge in [0, 0.05) is 17.8 Å². The zero-order chi connectivity index (χ0) is 36.1. The predicted molar refractivity (Wildman–Crippen MR) is 184 cm³/mol. The molecule has 1 amide bonds. The minimum atomic E-state index is -1.17. The van der Waals surface area contributed by atoms with E-state index in [9.17, 15) is 24.3 Å². The van der Waals surface area contributed by atoms with Gasteiger partial charge in [0.2, 0.25) is 0 Å². The molecule has 5 aliphatic rings. The first kappa shape index (κ1) is 35.8. The molecule has 8 atom stereocenters. The molecule has 2 N–H and O–H groups in total. The van der Waals surface area contributed by atoms with Gasteiger partial charge >= 0.3 is 17.8 Å². The van der Waals surface area contributed by atoms with E-state index in [1.807, 2.05) is 0 Å². The van der Waals surface area contributed by atoms with E-state index >= 15 is 0 Å². The van der Waals surface area contributed by atoms with Crippen molar-refractivity contribution in [2.45, 2.75) is 145 Å². The number of hydrogen-bond donors (Lipinski definition) is 2. The van der Waals surface area contributed by atoms with Crippen LogP contribution in [0.1, 0.15) is 143 Å². The smallest absolute Gasteiger partial charge is 0.309 e. The van der Waals surface area contributed by atoms with Crippen molar-refractivity contribution in [1.82, 2.24) is 10.3 Å².